The van der Waals surface area contributed by atoms with E-state index in [-0.39, 0.29) is 22.6 Å². The van der Waals surface area contributed by atoms with Crippen LogP contribution in [0.15, 0.2) is 16.6 Å². The molecule has 0 unspecified atom stereocenters. The second kappa shape index (κ2) is 7.19. The van der Waals surface area contributed by atoms with Gasteiger partial charge in [-0.05, 0) is 71.3 Å². The van der Waals surface area contributed by atoms with Crippen molar-refractivity contribution in [1.82, 2.24) is 9.97 Å². The summed E-state index contributed by atoms with van der Waals surface area (Å²) >= 11 is 9.08. The molecule has 2 aromatic rings. The van der Waals surface area contributed by atoms with Crippen molar-refractivity contribution < 1.29 is 9.18 Å². The van der Waals surface area contributed by atoms with E-state index in [9.17, 15) is 9.18 Å². The van der Waals surface area contributed by atoms with Gasteiger partial charge in [0, 0.05) is 17.8 Å². The van der Waals surface area contributed by atoms with Crippen LogP contribution in [-0.4, -0.2) is 22.4 Å². The second-order valence-corrected chi connectivity index (χ2v) is 7.29. The lowest BCUT2D eigenvalue weighted by molar-refractivity contribution is -0.122. The number of benzene rings is 1. The number of hydrogen-bond acceptors (Lipinski definition) is 4. The van der Waals surface area contributed by atoms with Crippen molar-refractivity contribution in [3.63, 3.8) is 0 Å². The Labute approximate surface area is 152 Å². The molecule has 1 aromatic heterocycles. The van der Waals surface area contributed by atoms with E-state index in [4.69, 9.17) is 17.3 Å². The van der Waals surface area contributed by atoms with Crippen molar-refractivity contribution in [2.75, 3.05) is 11.9 Å². The molecule has 0 spiro atoms. The quantitative estimate of drug-likeness (QED) is 0.742. The Bertz CT molecular complexity index is 780. The highest BCUT2D eigenvalue weighted by atomic mass is 79.9. The monoisotopic (exact) mass is 414 g/mol. The molecule has 1 aromatic carbocycles. The first-order valence-electron chi connectivity index (χ1n) is 7.80. The Morgan fingerprint density at radius 3 is 2.71 bits per heavy atom. The topological polar surface area (TPSA) is 80.9 Å². The van der Waals surface area contributed by atoms with E-state index in [0.29, 0.717) is 28.1 Å². The highest BCUT2D eigenvalue weighted by Gasteiger charge is 2.24. The molecule has 1 aliphatic carbocycles. The zero-order chi connectivity index (χ0) is 17.3. The molecule has 0 aliphatic heterocycles. The van der Waals surface area contributed by atoms with Crippen LogP contribution < -0.4 is 11.1 Å². The van der Waals surface area contributed by atoms with Gasteiger partial charge in [0.2, 0.25) is 11.2 Å². The van der Waals surface area contributed by atoms with Gasteiger partial charge in [-0.1, -0.05) is 0 Å². The maximum atomic E-state index is 14.2. The fraction of sp³-hybridized carbons (Fsp3) is 0.438. The van der Waals surface area contributed by atoms with E-state index >= 15 is 0 Å². The van der Waals surface area contributed by atoms with E-state index in [1.165, 1.54) is 0 Å². The van der Waals surface area contributed by atoms with Crippen LogP contribution in [0.4, 0.5) is 10.2 Å². The molecule has 1 heterocycles. The van der Waals surface area contributed by atoms with Gasteiger partial charge in [-0.2, -0.15) is 0 Å². The van der Waals surface area contributed by atoms with Crippen LogP contribution in [0.25, 0.3) is 10.9 Å². The molecule has 0 atom stereocenters. The second-order valence-electron chi connectivity index (χ2n) is 6.10. The number of hydrogen-bond donors (Lipinski definition) is 2. The van der Waals surface area contributed by atoms with E-state index in [1.807, 2.05) is 0 Å². The largest absolute Gasteiger partial charge is 0.369 e. The summed E-state index contributed by atoms with van der Waals surface area (Å²) < 4.78 is 14.5. The summed E-state index contributed by atoms with van der Waals surface area (Å²) in [5.74, 6) is 0.262. The maximum Gasteiger partial charge on any atom is 0.225 e. The van der Waals surface area contributed by atoms with E-state index in [2.05, 4.69) is 31.2 Å². The third-order valence-corrected chi connectivity index (χ3v) is 5.32. The van der Waals surface area contributed by atoms with Crippen LogP contribution in [0, 0.1) is 17.7 Å². The molecule has 1 saturated carbocycles. The summed E-state index contributed by atoms with van der Waals surface area (Å²) in [6.07, 6.45) is 3.48. The van der Waals surface area contributed by atoms with E-state index < -0.39 is 5.82 Å². The van der Waals surface area contributed by atoms with Crippen molar-refractivity contribution in [2.45, 2.75) is 25.7 Å². The Morgan fingerprint density at radius 1 is 1.33 bits per heavy atom. The minimum Gasteiger partial charge on any atom is -0.369 e. The van der Waals surface area contributed by atoms with Crippen LogP contribution in [-0.2, 0) is 4.79 Å². The van der Waals surface area contributed by atoms with Crippen LogP contribution in [0.5, 0.6) is 0 Å². The summed E-state index contributed by atoms with van der Waals surface area (Å²) in [7, 11) is 0. The number of amides is 1. The van der Waals surface area contributed by atoms with Gasteiger partial charge >= 0.3 is 0 Å². The minimum absolute atomic E-state index is 0.000522. The lowest BCUT2D eigenvalue weighted by atomic mass is 9.81. The van der Waals surface area contributed by atoms with Gasteiger partial charge < -0.3 is 11.1 Å². The van der Waals surface area contributed by atoms with Gasteiger partial charge in [-0.15, -0.1) is 0 Å². The SMILES string of the molecule is NC(=O)C1CCC(CNc2nc(Cl)nc3c(F)c(Br)ccc23)CC1. The van der Waals surface area contributed by atoms with E-state index in [1.54, 1.807) is 12.1 Å². The molecule has 1 fully saturated rings. The average molecular weight is 416 g/mol. The van der Waals surface area contributed by atoms with E-state index in [0.717, 1.165) is 25.7 Å². The first-order valence-corrected chi connectivity index (χ1v) is 8.97. The zero-order valence-electron chi connectivity index (χ0n) is 12.9. The van der Waals surface area contributed by atoms with Crippen molar-refractivity contribution in [3.05, 3.63) is 27.7 Å². The Kier molecular flexibility index (Phi) is 5.20. The first kappa shape index (κ1) is 17.4. The van der Waals surface area contributed by atoms with Gasteiger partial charge in [0.15, 0.2) is 5.82 Å². The summed E-state index contributed by atoms with van der Waals surface area (Å²) in [6.45, 7) is 0.686. The molecule has 1 aliphatic rings. The predicted molar refractivity (Wildman–Crippen MR) is 95.3 cm³/mol. The Morgan fingerprint density at radius 2 is 2.04 bits per heavy atom. The number of aromatic nitrogens is 2. The number of rotatable bonds is 4. The Balaban J connectivity index is 1.74. The fourth-order valence-corrected chi connectivity index (χ4v) is 3.63. The number of nitrogens with one attached hydrogen (secondary N) is 1. The molecule has 3 rings (SSSR count). The Hall–Kier alpha value is -1.47. The van der Waals surface area contributed by atoms with Gasteiger partial charge in [0.05, 0.1) is 4.47 Å². The number of fused-ring (bicyclic) bond motifs is 1. The standard InChI is InChI=1S/C16H17BrClFN4O/c17-11-6-5-10-13(12(11)19)22-16(18)23-15(10)21-7-8-1-3-9(4-2-8)14(20)24/h5-6,8-9H,1-4,7H2,(H2,20,24)(H,21,22,23). The van der Waals surface area contributed by atoms with Crippen molar-refractivity contribution >= 4 is 50.2 Å². The van der Waals surface area contributed by atoms with Gasteiger partial charge in [-0.3, -0.25) is 4.79 Å². The van der Waals surface area contributed by atoms with Crippen molar-refractivity contribution in [2.24, 2.45) is 17.6 Å². The number of carbonyl (C=O) groups is 1. The number of anilines is 1. The first-order chi connectivity index (χ1) is 11.5. The molecule has 3 N–H and O–H groups in total. The van der Waals surface area contributed by atoms with Crippen LogP contribution in [0.3, 0.4) is 0 Å². The molecule has 0 bridgehead atoms. The molecule has 24 heavy (non-hydrogen) atoms. The summed E-state index contributed by atoms with van der Waals surface area (Å²) in [6, 6.07) is 3.38. The van der Waals surface area contributed by atoms with Gasteiger partial charge in [-0.25, -0.2) is 14.4 Å². The highest BCUT2D eigenvalue weighted by Crippen LogP contribution is 2.31. The van der Waals surface area contributed by atoms with Crippen molar-refractivity contribution in [3.8, 4) is 0 Å². The predicted octanol–water partition coefficient (Wildman–Crippen LogP) is 3.89. The molecule has 5 nitrogen and oxygen atoms in total. The minimum atomic E-state index is -0.457. The molecular formula is C16H17BrClFN4O. The smallest absolute Gasteiger partial charge is 0.225 e. The third kappa shape index (κ3) is 3.62. The maximum absolute atomic E-state index is 14.2. The average Bonchev–Trinajstić information content (AvgIpc) is 2.56. The number of halogens is 3. The summed E-state index contributed by atoms with van der Waals surface area (Å²) in [4.78, 5) is 19.4. The normalized spacial score (nSPS) is 21.0. The summed E-state index contributed by atoms with van der Waals surface area (Å²) in [5, 5.41) is 3.84. The number of nitrogens with zero attached hydrogens (tertiary/aromatic N) is 2. The molecule has 8 heteroatoms. The fourth-order valence-electron chi connectivity index (χ4n) is 3.14. The van der Waals surface area contributed by atoms with Crippen LogP contribution in [0.2, 0.25) is 5.28 Å². The lowest BCUT2D eigenvalue weighted by Crippen LogP contribution is -2.29. The highest BCUT2D eigenvalue weighted by molar-refractivity contribution is 9.10. The lowest BCUT2D eigenvalue weighted by Gasteiger charge is -2.27. The number of primary amides is 1. The molecule has 1 amide bonds. The van der Waals surface area contributed by atoms with Gasteiger partial charge in [0.25, 0.3) is 0 Å². The zero-order valence-corrected chi connectivity index (χ0v) is 15.2. The number of nitrogens with two attached hydrogens (primary N) is 1. The van der Waals surface area contributed by atoms with Crippen LogP contribution in [0.1, 0.15) is 25.7 Å². The van der Waals surface area contributed by atoms with Crippen molar-refractivity contribution in [1.29, 1.82) is 0 Å². The molecule has 0 radical (unpaired) electrons. The molecule has 128 valence electrons. The van der Waals surface area contributed by atoms with Crippen LogP contribution >= 0.6 is 27.5 Å². The molecular weight excluding hydrogens is 399 g/mol. The van der Waals surface area contributed by atoms with Gasteiger partial charge in [0.1, 0.15) is 11.3 Å². The number of carbonyl (C=O) groups excluding carboxylic acids is 1. The molecule has 0 saturated heterocycles. The third-order valence-electron chi connectivity index (χ3n) is 4.54. The summed E-state index contributed by atoms with van der Waals surface area (Å²) in [5.41, 5.74) is 5.54.